The third-order valence-electron chi connectivity index (χ3n) is 2.54. The molecular weight excluding hydrogens is 306 g/mol. The van der Waals surface area contributed by atoms with E-state index in [0.717, 1.165) is 4.90 Å². The van der Waals surface area contributed by atoms with Crippen molar-refractivity contribution in [2.75, 3.05) is 5.75 Å². The number of benzene rings is 2. The zero-order valence-corrected chi connectivity index (χ0v) is 12.1. The molecule has 1 N–H and O–H groups in total. The van der Waals surface area contributed by atoms with Gasteiger partial charge in [-0.15, -0.1) is 11.8 Å². The Hall–Kier alpha value is -0.740. The van der Waals surface area contributed by atoms with Crippen LogP contribution in [0.4, 0.5) is 4.39 Å². The lowest BCUT2D eigenvalue weighted by Crippen LogP contribution is -2.01. The number of halogens is 3. The zero-order chi connectivity index (χ0) is 13.8. The normalized spacial score (nSPS) is 12.4. The summed E-state index contributed by atoms with van der Waals surface area (Å²) < 4.78 is 12.8. The van der Waals surface area contributed by atoms with Crippen LogP contribution in [0, 0.1) is 5.82 Å². The van der Waals surface area contributed by atoms with Gasteiger partial charge in [-0.25, -0.2) is 4.39 Å². The Balaban J connectivity index is 2.03. The number of thioether (sulfide) groups is 1. The Bertz CT molecular complexity index is 560. The molecule has 0 aliphatic heterocycles. The molecule has 1 atom stereocenters. The number of rotatable bonds is 4. The minimum absolute atomic E-state index is 0.275. The highest BCUT2D eigenvalue weighted by atomic mass is 35.5. The van der Waals surface area contributed by atoms with Crippen molar-refractivity contribution in [2.45, 2.75) is 11.0 Å². The molecule has 0 aliphatic carbocycles. The van der Waals surface area contributed by atoms with E-state index in [1.165, 1.54) is 23.9 Å². The van der Waals surface area contributed by atoms with Crippen molar-refractivity contribution in [1.29, 1.82) is 0 Å². The summed E-state index contributed by atoms with van der Waals surface area (Å²) in [6.07, 6.45) is -0.721. The minimum atomic E-state index is -0.721. The standard InChI is InChI=1S/C14H11Cl2FOS/c15-9-1-6-13(16)12(7-9)14(18)8-19-11-4-2-10(17)3-5-11/h1-7,14,18H,8H2. The molecule has 0 saturated heterocycles. The summed E-state index contributed by atoms with van der Waals surface area (Å²) in [6, 6.07) is 11.1. The Labute approximate surface area is 125 Å². The first-order valence-corrected chi connectivity index (χ1v) is 7.32. The van der Waals surface area contributed by atoms with Gasteiger partial charge in [-0.05, 0) is 42.5 Å². The molecule has 0 bridgehead atoms. The molecule has 100 valence electrons. The second-order valence-corrected chi connectivity index (χ2v) is 5.88. The molecule has 0 spiro atoms. The van der Waals surface area contributed by atoms with Crippen molar-refractivity contribution < 1.29 is 9.50 Å². The number of aliphatic hydroxyl groups excluding tert-OH is 1. The lowest BCUT2D eigenvalue weighted by Gasteiger charge is -2.12. The van der Waals surface area contributed by atoms with Gasteiger partial charge in [0.15, 0.2) is 0 Å². The maximum Gasteiger partial charge on any atom is 0.123 e. The highest BCUT2D eigenvalue weighted by Crippen LogP contribution is 2.30. The molecule has 0 amide bonds. The van der Waals surface area contributed by atoms with Crippen LogP contribution in [0.25, 0.3) is 0 Å². The first kappa shape index (κ1) is 14.7. The largest absolute Gasteiger partial charge is 0.387 e. The van der Waals surface area contributed by atoms with E-state index in [1.807, 2.05) is 0 Å². The van der Waals surface area contributed by atoms with Crippen LogP contribution >= 0.6 is 35.0 Å². The van der Waals surface area contributed by atoms with Crippen LogP contribution < -0.4 is 0 Å². The van der Waals surface area contributed by atoms with Crippen LogP contribution in [-0.4, -0.2) is 10.9 Å². The van der Waals surface area contributed by atoms with Gasteiger partial charge in [-0.2, -0.15) is 0 Å². The maximum absolute atomic E-state index is 12.8. The molecule has 1 nitrogen and oxygen atoms in total. The summed E-state index contributed by atoms with van der Waals surface area (Å²) in [6.45, 7) is 0. The molecule has 0 saturated carbocycles. The minimum Gasteiger partial charge on any atom is -0.387 e. The van der Waals surface area contributed by atoms with Crippen LogP contribution in [0.5, 0.6) is 0 Å². The predicted molar refractivity (Wildman–Crippen MR) is 78.5 cm³/mol. The van der Waals surface area contributed by atoms with Crippen molar-refractivity contribution in [1.82, 2.24) is 0 Å². The lowest BCUT2D eigenvalue weighted by atomic mass is 10.1. The fourth-order valence-corrected chi connectivity index (χ4v) is 2.85. The smallest absolute Gasteiger partial charge is 0.123 e. The highest BCUT2D eigenvalue weighted by molar-refractivity contribution is 7.99. The number of hydrogen-bond acceptors (Lipinski definition) is 2. The molecular formula is C14H11Cl2FOS. The fourth-order valence-electron chi connectivity index (χ4n) is 1.57. The Morgan fingerprint density at radius 2 is 1.79 bits per heavy atom. The Kier molecular flexibility index (Phi) is 5.11. The summed E-state index contributed by atoms with van der Waals surface area (Å²) in [5.41, 5.74) is 0.601. The van der Waals surface area contributed by atoms with Crippen LogP contribution in [0.3, 0.4) is 0 Å². The fraction of sp³-hybridized carbons (Fsp3) is 0.143. The van der Waals surface area contributed by atoms with Gasteiger partial charge in [0.1, 0.15) is 5.82 Å². The average Bonchev–Trinajstić information content (AvgIpc) is 2.40. The monoisotopic (exact) mass is 316 g/mol. The van der Waals surface area contributed by atoms with Crippen molar-refractivity contribution in [3.63, 3.8) is 0 Å². The Morgan fingerprint density at radius 1 is 1.11 bits per heavy atom. The number of aliphatic hydroxyl groups is 1. The molecule has 19 heavy (non-hydrogen) atoms. The summed E-state index contributed by atoms with van der Waals surface area (Å²) in [4.78, 5) is 0.888. The highest BCUT2D eigenvalue weighted by Gasteiger charge is 2.12. The quantitative estimate of drug-likeness (QED) is 0.805. The van der Waals surface area contributed by atoms with Crippen molar-refractivity contribution in [3.05, 3.63) is 63.9 Å². The molecule has 2 aromatic carbocycles. The Morgan fingerprint density at radius 3 is 2.47 bits per heavy atom. The van der Waals surface area contributed by atoms with Gasteiger partial charge in [0.25, 0.3) is 0 Å². The summed E-state index contributed by atoms with van der Waals surface area (Å²) in [5.74, 6) is 0.147. The summed E-state index contributed by atoms with van der Waals surface area (Å²) in [5, 5.41) is 11.1. The molecule has 0 aromatic heterocycles. The summed E-state index contributed by atoms with van der Waals surface area (Å²) >= 11 is 13.3. The van der Waals surface area contributed by atoms with Crippen LogP contribution in [0.2, 0.25) is 10.0 Å². The molecule has 5 heteroatoms. The zero-order valence-electron chi connectivity index (χ0n) is 9.82. The molecule has 0 radical (unpaired) electrons. The van der Waals surface area contributed by atoms with Crippen LogP contribution in [-0.2, 0) is 0 Å². The van der Waals surface area contributed by atoms with E-state index < -0.39 is 6.10 Å². The van der Waals surface area contributed by atoms with E-state index in [-0.39, 0.29) is 5.82 Å². The molecule has 2 rings (SSSR count). The second-order valence-electron chi connectivity index (χ2n) is 3.95. The van der Waals surface area contributed by atoms with Crippen molar-refractivity contribution in [3.8, 4) is 0 Å². The van der Waals surface area contributed by atoms with E-state index in [9.17, 15) is 9.50 Å². The third-order valence-corrected chi connectivity index (χ3v) is 4.21. The van der Waals surface area contributed by atoms with E-state index >= 15 is 0 Å². The van der Waals surface area contributed by atoms with Gasteiger partial charge < -0.3 is 5.11 Å². The van der Waals surface area contributed by atoms with Gasteiger partial charge >= 0.3 is 0 Å². The van der Waals surface area contributed by atoms with Gasteiger partial charge in [-0.1, -0.05) is 23.2 Å². The van der Waals surface area contributed by atoms with E-state index in [0.29, 0.717) is 21.4 Å². The van der Waals surface area contributed by atoms with Crippen LogP contribution in [0.1, 0.15) is 11.7 Å². The second kappa shape index (κ2) is 6.62. The number of hydrogen-bond donors (Lipinski definition) is 1. The molecule has 0 aliphatic rings. The van der Waals surface area contributed by atoms with Crippen molar-refractivity contribution in [2.24, 2.45) is 0 Å². The molecule has 0 heterocycles. The molecule has 0 fully saturated rings. The first-order chi connectivity index (χ1) is 9.06. The van der Waals surface area contributed by atoms with Crippen molar-refractivity contribution >= 4 is 35.0 Å². The predicted octanol–water partition coefficient (Wildman–Crippen LogP) is 4.96. The van der Waals surface area contributed by atoms with Gasteiger partial charge in [0.05, 0.1) is 6.10 Å². The van der Waals surface area contributed by atoms with Gasteiger partial charge in [0.2, 0.25) is 0 Å². The maximum atomic E-state index is 12.8. The topological polar surface area (TPSA) is 20.2 Å². The third kappa shape index (κ3) is 4.11. The van der Waals surface area contributed by atoms with Gasteiger partial charge in [-0.3, -0.25) is 0 Å². The molecule has 2 aromatic rings. The molecule has 1 unspecified atom stereocenters. The lowest BCUT2D eigenvalue weighted by molar-refractivity contribution is 0.204. The van der Waals surface area contributed by atoms with Crippen LogP contribution in [0.15, 0.2) is 47.4 Å². The van der Waals surface area contributed by atoms with Gasteiger partial charge in [0, 0.05) is 26.3 Å². The van der Waals surface area contributed by atoms with E-state index in [4.69, 9.17) is 23.2 Å². The SMILES string of the molecule is OC(CSc1ccc(F)cc1)c1cc(Cl)ccc1Cl. The van der Waals surface area contributed by atoms with E-state index in [2.05, 4.69) is 0 Å². The summed E-state index contributed by atoms with van der Waals surface area (Å²) in [7, 11) is 0. The average molecular weight is 317 g/mol. The van der Waals surface area contributed by atoms with E-state index in [1.54, 1.807) is 30.3 Å². The first-order valence-electron chi connectivity index (χ1n) is 5.57.